The first-order valence-corrected chi connectivity index (χ1v) is 12.7. The van der Waals surface area contributed by atoms with Crippen LogP contribution < -0.4 is 19.3 Å². The lowest BCUT2D eigenvalue weighted by Crippen LogP contribution is -2.36. The monoisotopic (exact) mass is 495 g/mol. The second-order valence-corrected chi connectivity index (χ2v) is 10.2. The molecule has 8 nitrogen and oxygen atoms in total. The number of rotatable bonds is 7. The average Bonchev–Trinajstić information content (AvgIpc) is 2.90. The standard InChI is InChI=1S/C26H29N3O5S/c1-19-17-22(29-13-15-34-16-14-29)9-12-25(19)27-26(30)20-5-4-6-24(18-20)35(31,32)28(2)21-7-10-23(33-3)11-8-21/h4-12,17-18H,13-16H2,1-3H3,(H,27,30). The molecular weight excluding hydrogens is 466 g/mol. The van der Waals surface area contributed by atoms with Gasteiger partial charge in [0.25, 0.3) is 15.9 Å². The van der Waals surface area contributed by atoms with Crippen LogP contribution in [0.25, 0.3) is 0 Å². The highest BCUT2D eigenvalue weighted by Crippen LogP contribution is 2.26. The average molecular weight is 496 g/mol. The minimum atomic E-state index is -3.87. The summed E-state index contributed by atoms with van der Waals surface area (Å²) in [5, 5.41) is 2.90. The first-order chi connectivity index (χ1) is 16.8. The number of carbonyl (C=O) groups is 1. The quantitative estimate of drug-likeness (QED) is 0.535. The number of anilines is 3. The molecule has 0 atom stereocenters. The third-order valence-corrected chi connectivity index (χ3v) is 7.81. The van der Waals surface area contributed by atoms with Crippen molar-refractivity contribution in [1.82, 2.24) is 0 Å². The zero-order valence-corrected chi connectivity index (χ0v) is 20.8. The van der Waals surface area contributed by atoms with Gasteiger partial charge in [0.15, 0.2) is 0 Å². The number of amides is 1. The molecule has 1 N–H and O–H groups in total. The van der Waals surface area contributed by atoms with Gasteiger partial charge in [-0.15, -0.1) is 0 Å². The van der Waals surface area contributed by atoms with E-state index in [1.54, 1.807) is 43.5 Å². The van der Waals surface area contributed by atoms with E-state index in [2.05, 4.69) is 10.2 Å². The van der Waals surface area contributed by atoms with Crippen LogP contribution in [0.3, 0.4) is 0 Å². The van der Waals surface area contributed by atoms with Crippen LogP contribution in [0.4, 0.5) is 17.1 Å². The predicted octanol–water partition coefficient (Wildman–Crippen LogP) is 3.92. The minimum absolute atomic E-state index is 0.0304. The van der Waals surface area contributed by atoms with Crippen molar-refractivity contribution in [3.8, 4) is 5.75 Å². The first kappa shape index (κ1) is 24.6. The van der Waals surface area contributed by atoms with Crippen molar-refractivity contribution in [3.63, 3.8) is 0 Å². The fraction of sp³-hybridized carbons (Fsp3) is 0.269. The van der Waals surface area contributed by atoms with E-state index in [0.29, 0.717) is 30.3 Å². The van der Waals surface area contributed by atoms with Crippen molar-refractivity contribution in [2.24, 2.45) is 0 Å². The number of hydrogen-bond acceptors (Lipinski definition) is 6. The number of carbonyl (C=O) groups excluding carboxylic acids is 1. The Morgan fingerprint density at radius 3 is 2.40 bits per heavy atom. The molecule has 4 rings (SSSR count). The van der Waals surface area contributed by atoms with E-state index in [1.165, 1.54) is 23.5 Å². The molecule has 1 heterocycles. The summed E-state index contributed by atoms with van der Waals surface area (Å²) in [6, 6.07) is 18.6. The van der Waals surface area contributed by atoms with Crippen LogP contribution in [0.5, 0.6) is 5.75 Å². The Morgan fingerprint density at radius 1 is 1.03 bits per heavy atom. The molecular formula is C26H29N3O5S. The van der Waals surface area contributed by atoms with Crippen molar-refractivity contribution in [2.45, 2.75) is 11.8 Å². The van der Waals surface area contributed by atoms with E-state index < -0.39 is 10.0 Å². The first-order valence-electron chi connectivity index (χ1n) is 11.3. The summed E-state index contributed by atoms with van der Waals surface area (Å²) < 4.78 is 38.1. The Hall–Kier alpha value is -3.56. The van der Waals surface area contributed by atoms with Crippen LogP contribution in [0.2, 0.25) is 0 Å². The third kappa shape index (κ3) is 5.41. The van der Waals surface area contributed by atoms with Crippen LogP contribution in [-0.4, -0.2) is 54.8 Å². The smallest absolute Gasteiger partial charge is 0.264 e. The molecule has 1 saturated heterocycles. The molecule has 0 bridgehead atoms. The second kappa shape index (κ2) is 10.4. The lowest BCUT2D eigenvalue weighted by atomic mass is 10.1. The van der Waals surface area contributed by atoms with Gasteiger partial charge < -0.3 is 19.7 Å². The number of aryl methyl sites for hydroxylation is 1. The van der Waals surface area contributed by atoms with E-state index in [9.17, 15) is 13.2 Å². The topological polar surface area (TPSA) is 88.2 Å². The fourth-order valence-corrected chi connectivity index (χ4v) is 5.13. The molecule has 1 fully saturated rings. The Balaban J connectivity index is 1.51. The lowest BCUT2D eigenvalue weighted by molar-refractivity contribution is 0.102. The second-order valence-electron chi connectivity index (χ2n) is 8.25. The molecule has 0 aliphatic carbocycles. The molecule has 9 heteroatoms. The maximum atomic E-state index is 13.2. The Labute approximate surface area is 206 Å². The third-order valence-electron chi connectivity index (χ3n) is 6.03. The summed E-state index contributed by atoms with van der Waals surface area (Å²) in [7, 11) is -0.847. The zero-order valence-electron chi connectivity index (χ0n) is 20.0. The van der Waals surface area contributed by atoms with Gasteiger partial charge >= 0.3 is 0 Å². The van der Waals surface area contributed by atoms with Gasteiger partial charge in [0.1, 0.15) is 5.75 Å². The maximum Gasteiger partial charge on any atom is 0.264 e. The summed E-state index contributed by atoms with van der Waals surface area (Å²) in [4.78, 5) is 15.3. The zero-order chi connectivity index (χ0) is 25.0. The van der Waals surface area contributed by atoms with Crippen molar-refractivity contribution in [1.29, 1.82) is 0 Å². The molecule has 1 aliphatic rings. The number of nitrogens with zero attached hydrogens (tertiary/aromatic N) is 2. The van der Waals surface area contributed by atoms with E-state index in [0.717, 1.165) is 24.3 Å². The molecule has 1 aliphatic heterocycles. The minimum Gasteiger partial charge on any atom is -0.497 e. The van der Waals surface area contributed by atoms with Crippen molar-refractivity contribution < 1.29 is 22.7 Å². The van der Waals surface area contributed by atoms with Gasteiger partial charge in [-0.3, -0.25) is 9.10 Å². The van der Waals surface area contributed by atoms with Crippen LogP contribution in [-0.2, 0) is 14.8 Å². The lowest BCUT2D eigenvalue weighted by Gasteiger charge is -2.29. The Kier molecular flexibility index (Phi) is 7.28. The number of benzene rings is 3. The van der Waals surface area contributed by atoms with E-state index in [-0.39, 0.29) is 16.4 Å². The Bertz CT molecular complexity index is 1300. The van der Waals surface area contributed by atoms with Crippen LogP contribution in [0.1, 0.15) is 15.9 Å². The summed E-state index contributed by atoms with van der Waals surface area (Å²) in [6.45, 7) is 4.99. The van der Waals surface area contributed by atoms with E-state index in [4.69, 9.17) is 9.47 Å². The molecule has 184 valence electrons. The van der Waals surface area contributed by atoms with E-state index in [1.807, 2.05) is 25.1 Å². The highest BCUT2D eigenvalue weighted by atomic mass is 32.2. The summed E-state index contributed by atoms with van der Waals surface area (Å²) in [5.41, 5.74) is 3.42. The number of morpholine rings is 1. The SMILES string of the molecule is COc1ccc(N(C)S(=O)(=O)c2cccc(C(=O)Nc3ccc(N4CCOCC4)cc3C)c2)cc1. The van der Waals surface area contributed by atoms with Crippen LogP contribution in [0, 0.1) is 6.92 Å². The molecule has 0 saturated carbocycles. The van der Waals surface area contributed by atoms with Gasteiger partial charge in [0, 0.05) is 37.1 Å². The van der Waals surface area contributed by atoms with Gasteiger partial charge in [-0.05, 0) is 73.2 Å². The van der Waals surface area contributed by atoms with Crippen molar-refractivity contribution >= 4 is 33.0 Å². The molecule has 3 aromatic carbocycles. The number of nitrogens with one attached hydrogen (secondary N) is 1. The number of hydrogen-bond donors (Lipinski definition) is 1. The summed E-state index contributed by atoms with van der Waals surface area (Å²) >= 11 is 0. The summed E-state index contributed by atoms with van der Waals surface area (Å²) in [6.07, 6.45) is 0. The van der Waals surface area contributed by atoms with Gasteiger partial charge in [-0.2, -0.15) is 0 Å². The number of methoxy groups -OCH3 is 1. The van der Waals surface area contributed by atoms with E-state index >= 15 is 0 Å². The normalized spacial score (nSPS) is 13.9. The highest BCUT2D eigenvalue weighted by Gasteiger charge is 2.23. The maximum absolute atomic E-state index is 13.2. The molecule has 0 spiro atoms. The van der Waals surface area contributed by atoms with Gasteiger partial charge in [-0.25, -0.2) is 8.42 Å². The van der Waals surface area contributed by atoms with Crippen LogP contribution in [0.15, 0.2) is 71.6 Å². The molecule has 0 radical (unpaired) electrons. The van der Waals surface area contributed by atoms with Crippen molar-refractivity contribution in [3.05, 3.63) is 77.9 Å². The number of ether oxygens (including phenoxy) is 2. The highest BCUT2D eigenvalue weighted by molar-refractivity contribution is 7.92. The number of sulfonamides is 1. The van der Waals surface area contributed by atoms with Crippen LogP contribution >= 0.6 is 0 Å². The van der Waals surface area contributed by atoms with Gasteiger partial charge in [0.05, 0.1) is 30.9 Å². The largest absolute Gasteiger partial charge is 0.497 e. The molecule has 0 unspecified atom stereocenters. The van der Waals surface area contributed by atoms with Crippen molar-refractivity contribution in [2.75, 3.05) is 55.0 Å². The molecule has 0 aromatic heterocycles. The summed E-state index contributed by atoms with van der Waals surface area (Å²) in [5.74, 6) is 0.253. The predicted molar refractivity (Wildman–Crippen MR) is 137 cm³/mol. The molecule has 1 amide bonds. The van der Waals surface area contributed by atoms with Gasteiger partial charge in [-0.1, -0.05) is 6.07 Å². The Morgan fingerprint density at radius 2 is 1.74 bits per heavy atom. The molecule has 35 heavy (non-hydrogen) atoms. The molecule has 3 aromatic rings. The fourth-order valence-electron chi connectivity index (χ4n) is 3.89. The van der Waals surface area contributed by atoms with Gasteiger partial charge in [0.2, 0.25) is 0 Å².